The van der Waals surface area contributed by atoms with E-state index in [0.717, 1.165) is 13.1 Å². The maximum Gasteiger partial charge on any atom is 0.239 e. The third kappa shape index (κ3) is 2.82. The number of amides is 1. The maximum atomic E-state index is 11.7. The molecule has 17 heavy (non-hydrogen) atoms. The minimum Gasteiger partial charge on any atom is -0.396 e. The van der Waals surface area contributed by atoms with Crippen LogP contribution in [0.1, 0.15) is 5.56 Å². The minimum atomic E-state index is -0.111. The highest BCUT2D eigenvalue weighted by atomic mass is 32.1. The number of aliphatic hydroxyl groups is 1. The van der Waals surface area contributed by atoms with Crippen molar-refractivity contribution in [2.75, 3.05) is 31.6 Å². The van der Waals surface area contributed by atoms with E-state index in [1.807, 2.05) is 11.0 Å². The van der Waals surface area contributed by atoms with Crippen LogP contribution in [-0.4, -0.2) is 42.2 Å². The summed E-state index contributed by atoms with van der Waals surface area (Å²) in [7, 11) is 0. The van der Waals surface area contributed by atoms with Gasteiger partial charge in [-0.3, -0.25) is 9.69 Å². The molecule has 5 nitrogen and oxygen atoms in total. The highest BCUT2D eigenvalue weighted by Crippen LogP contribution is 2.22. The Kier molecular flexibility index (Phi) is 3.74. The van der Waals surface area contributed by atoms with Crippen LogP contribution in [0.3, 0.4) is 0 Å². The smallest absolute Gasteiger partial charge is 0.239 e. The topological polar surface area (TPSA) is 76.4 Å². The van der Waals surface area contributed by atoms with Crippen LogP contribution in [-0.2, 0) is 4.79 Å². The molecule has 2 rings (SSSR count). The van der Waals surface area contributed by atoms with Crippen molar-refractivity contribution in [3.8, 4) is 6.07 Å². The molecular weight excluding hydrogens is 238 g/mol. The Morgan fingerprint density at radius 1 is 1.71 bits per heavy atom. The van der Waals surface area contributed by atoms with Crippen LogP contribution in [0.25, 0.3) is 0 Å². The normalized spacial score (nSPS) is 16.2. The Labute approximate surface area is 103 Å². The zero-order valence-corrected chi connectivity index (χ0v) is 10.0. The van der Waals surface area contributed by atoms with Gasteiger partial charge in [-0.25, -0.2) is 0 Å². The van der Waals surface area contributed by atoms with Crippen LogP contribution in [0.5, 0.6) is 0 Å². The number of carbonyl (C=O) groups is 1. The Morgan fingerprint density at radius 3 is 3.12 bits per heavy atom. The average Bonchev–Trinajstić information content (AvgIpc) is 2.70. The molecule has 1 aromatic rings. The second kappa shape index (κ2) is 5.27. The molecule has 1 amide bonds. The fourth-order valence-corrected chi connectivity index (χ4v) is 2.54. The summed E-state index contributed by atoms with van der Waals surface area (Å²) in [5.74, 6) is 0.194. The Hall–Kier alpha value is -1.42. The highest BCUT2D eigenvalue weighted by Gasteiger charge is 2.27. The van der Waals surface area contributed by atoms with E-state index in [0.29, 0.717) is 23.0 Å². The van der Waals surface area contributed by atoms with E-state index in [1.165, 1.54) is 11.3 Å². The van der Waals surface area contributed by atoms with Gasteiger partial charge in [0.25, 0.3) is 0 Å². The molecule has 90 valence electrons. The first-order valence-corrected chi connectivity index (χ1v) is 6.21. The summed E-state index contributed by atoms with van der Waals surface area (Å²) >= 11 is 1.35. The van der Waals surface area contributed by atoms with Crippen LogP contribution >= 0.6 is 11.3 Å². The van der Waals surface area contributed by atoms with Crippen molar-refractivity contribution in [2.45, 2.75) is 0 Å². The van der Waals surface area contributed by atoms with Crippen LogP contribution in [0.15, 0.2) is 11.4 Å². The minimum absolute atomic E-state index is 0.111. The molecule has 1 aliphatic rings. The Balaban J connectivity index is 1.81. The molecule has 0 unspecified atom stereocenters. The molecule has 6 heteroatoms. The number of hydrogen-bond acceptors (Lipinski definition) is 5. The van der Waals surface area contributed by atoms with E-state index in [2.05, 4.69) is 5.32 Å². The number of rotatable bonds is 4. The number of likely N-dealkylation sites (tertiary alicyclic amines) is 1. The fraction of sp³-hybridized carbons (Fsp3) is 0.455. The number of anilines is 1. The van der Waals surface area contributed by atoms with Crippen LogP contribution in [0.2, 0.25) is 0 Å². The lowest BCUT2D eigenvalue weighted by atomic mass is 10.0. The van der Waals surface area contributed by atoms with Crippen molar-refractivity contribution in [1.29, 1.82) is 5.26 Å². The summed E-state index contributed by atoms with van der Waals surface area (Å²) in [6.07, 6.45) is 0. The molecule has 0 radical (unpaired) electrons. The van der Waals surface area contributed by atoms with Gasteiger partial charge in [0, 0.05) is 25.6 Å². The molecule has 1 aromatic heterocycles. The summed E-state index contributed by atoms with van der Waals surface area (Å²) in [4.78, 5) is 13.6. The predicted molar refractivity (Wildman–Crippen MR) is 64.7 cm³/mol. The van der Waals surface area contributed by atoms with Gasteiger partial charge in [-0.2, -0.15) is 5.26 Å². The fourth-order valence-electron chi connectivity index (χ4n) is 1.78. The number of hydrogen-bond donors (Lipinski definition) is 2. The molecule has 0 aliphatic carbocycles. The summed E-state index contributed by atoms with van der Waals surface area (Å²) in [6.45, 7) is 2.03. The van der Waals surface area contributed by atoms with Gasteiger partial charge in [0.1, 0.15) is 11.1 Å². The molecule has 0 bridgehead atoms. The highest BCUT2D eigenvalue weighted by molar-refractivity contribution is 7.14. The molecule has 1 fully saturated rings. The van der Waals surface area contributed by atoms with E-state index in [-0.39, 0.29) is 12.5 Å². The second-order valence-corrected chi connectivity index (χ2v) is 4.98. The number of nitrogens with one attached hydrogen (secondary N) is 1. The first-order valence-electron chi connectivity index (χ1n) is 5.33. The molecule has 1 saturated heterocycles. The van der Waals surface area contributed by atoms with Gasteiger partial charge >= 0.3 is 0 Å². The second-order valence-electron chi connectivity index (χ2n) is 4.07. The van der Waals surface area contributed by atoms with E-state index in [4.69, 9.17) is 10.4 Å². The standard InChI is InChI=1S/C11H13N3O2S/c12-3-9-1-2-17-11(9)13-10(16)6-14-4-8(5-14)7-15/h1-2,8,15H,4-7H2,(H,13,16). The van der Waals surface area contributed by atoms with Crippen molar-refractivity contribution in [1.82, 2.24) is 4.90 Å². The van der Waals surface area contributed by atoms with Gasteiger partial charge in [0.15, 0.2) is 0 Å². The van der Waals surface area contributed by atoms with E-state index in [1.54, 1.807) is 11.4 Å². The lowest BCUT2D eigenvalue weighted by Gasteiger charge is -2.37. The zero-order valence-electron chi connectivity index (χ0n) is 9.22. The van der Waals surface area contributed by atoms with Gasteiger partial charge in [-0.1, -0.05) is 0 Å². The largest absolute Gasteiger partial charge is 0.396 e. The Bertz CT molecular complexity index is 446. The molecule has 2 heterocycles. The summed E-state index contributed by atoms with van der Waals surface area (Å²) in [6, 6.07) is 3.71. The molecule has 2 N–H and O–H groups in total. The molecule has 0 atom stereocenters. The summed E-state index contributed by atoms with van der Waals surface area (Å²) < 4.78 is 0. The lowest BCUT2D eigenvalue weighted by molar-refractivity contribution is -0.119. The van der Waals surface area contributed by atoms with Crippen molar-refractivity contribution in [3.05, 3.63) is 17.0 Å². The number of aliphatic hydroxyl groups excluding tert-OH is 1. The number of thiophene rings is 1. The first kappa shape index (κ1) is 12.0. The Morgan fingerprint density at radius 2 is 2.47 bits per heavy atom. The quantitative estimate of drug-likeness (QED) is 0.816. The third-order valence-corrected chi connectivity index (χ3v) is 3.53. The summed E-state index contributed by atoms with van der Waals surface area (Å²) in [5.41, 5.74) is 0.500. The number of nitriles is 1. The molecule has 0 saturated carbocycles. The molecular formula is C11H13N3O2S. The number of carbonyl (C=O) groups excluding carboxylic acids is 1. The number of nitrogens with zero attached hydrogens (tertiary/aromatic N) is 2. The van der Waals surface area contributed by atoms with Gasteiger partial charge in [-0.15, -0.1) is 11.3 Å². The van der Waals surface area contributed by atoms with Gasteiger partial charge < -0.3 is 10.4 Å². The maximum absolute atomic E-state index is 11.7. The van der Waals surface area contributed by atoms with Crippen molar-refractivity contribution < 1.29 is 9.90 Å². The average molecular weight is 251 g/mol. The zero-order chi connectivity index (χ0) is 12.3. The van der Waals surface area contributed by atoms with E-state index >= 15 is 0 Å². The van der Waals surface area contributed by atoms with Crippen molar-refractivity contribution in [2.24, 2.45) is 5.92 Å². The van der Waals surface area contributed by atoms with Crippen molar-refractivity contribution >= 4 is 22.2 Å². The molecule has 1 aliphatic heterocycles. The van der Waals surface area contributed by atoms with Crippen LogP contribution in [0.4, 0.5) is 5.00 Å². The van der Waals surface area contributed by atoms with E-state index < -0.39 is 0 Å². The molecule has 0 aromatic carbocycles. The SMILES string of the molecule is N#Cc1ccsc1NC(=O)CN1CC(CO)C1. The summed E-state index contributed by atoms with van der Waals surface area (Å²) in [5, 5.41) is 22.8. The van der Waals surface area contributed by atoms with Crippen LogP contribution in [0, 0.1) is 17.2 Å². The van der Waals surface area contributed by atoms with Gasteiger partial charge in [0.05, 0.1) is 12.1 Å². The predicted octanol–water partition coefficient (Wildman–Crippen LogP) is 0.482. The third-order valence-electron chi connectivity index (χ3n) is 2.70. The van der Waals surface area contributed by atoms with Gasteiger partial charge in [-0.05, 0) is 11.4 Å². The lowest BCUT2D eigenvalue weighted by Crippen LogP contribution is -2.51. The van der Waals surface area contributed by atoms with E-state index in [9.17, 15) is 4.79 Å². The van der Waals surface area contributed by atoms with Crippen LogP contribution < -0.4 is 5.32 Å². The molecule has 0 spiro atoms. The van der Waals surface area contributed by atoms with Gasteiger partial charge in [0.2, 0.25) is 5.91 Å². The monoisotopic (exact) mass is 251 g/mol. The van der Waals surface area contributed by atoms with Crippen molar-refractivity contribution in [3.63, 3.8) is 0 Å². The first-order chi connectivity index (χ1) is 8.22.